The number of rotatable bonds is 6. The molecule has 0 spiro atoms. The largest absolute Gasteiger partial charge is 0.399 e. The highest BCUT2D eigenvalue weighted by Gasteiger charge is 2.29. The van der Waals surface area contributed by atoms with E-state index in [1.165, 1.54) is 22.3 Å². The number of thiophene rings is 1. The van der Waals surface area contributed by atoms with E-state index in [2.05, 4.69) is 61.7 Å². The van der Waals surface area contributed by atoms with Crippen molar-refractivity contribution in [3.63, 3.8) is 0 Å². The van der Waals surface area contributed by atoms with E-state index in [-0.39, 0.29) is 17.9 Å². The topological polar surface area (TPSA) is 89.0 Å². The second-order valence-corrected chi connectivity index (χ2v) is 10.3. The van der Waals surface area contributed by atoms with Gasteiger partial charge in [-0.05, 0) is 53.8 Å². The number of anilines is 2. The zero-order chi connectivity index (χ0) is 22.9. The molecule has 0 radical (unpaired) electrons. The molecule has 174 valence electrons. The maximum Gasteiger partial charge on any atom is 0.186 e. The third-order valence-corrected chi connectivity index (χ3v) is 8.41. The van der Waals surface area contributed by atoms with Crippen molar-refractivity contribution in [3.05, 3.63) is 46.2 Å². The maximum atomic E-state index is 14.3. The first-order valence-corrected chi connectivity index (χ1v) is 12.9. The zero-order valence-corrected chi connectivity index (χ0v) is 20.3. The van der Waals surface area contributed by atoms with Crippen molar-refractivity contribution in [2.75, 3.05) is 36.8 Å². The molecule has 1 aliphatic rings. The highest BCUT2D eigenvalue weighted by atomic mass is 32.1. The Morgan fingerprint density at radius 2 is 2.09 bits per heavy atom. The summed E-state index contributed by atoms with van der Waals surface area (Å²) in [5.74, 6) is 0.604. The molecule has 0 saturated carbocycles. The van der Waals surface area contributed by atoms with Gasteiger partial charge >= 0.3 is 0 Å². The number of thiazole rings is 1. The summed E-state index contributed by atoms with van der Waals surface area (Å²) in [5, 5.41) is 15.7. The minimum absolute atomic E-state index is 0.0950. The SMILES string of the molecule is CCC(c1nnnn1C(C)c1cccs1)N1CCCN(c2nc3cc(N)cc(F)c3s2)CC1. The van der Waals surface area contributed by atoms with Gasteiger partial charge in [-0.15, -0.1) is 16.4 Å². The predicted octanol–water partition coefficient (Wildman–Crippen LogP) is 4.34. The van der Waals surface area contributed by atoms with Gasteiger partial charge in [0.25, 0.3) is 0 Å². The highest BCUT2D eigenvalue weighted by molar-refractivity contribution is 7.22. The zero-order valence-electron chi connectivity index (χ0n) is 18.7. The number of hydrogen-bond donors (Lipinski definition) is 1. The Morgan fingerprint density at radius 1 is 1.21 bits per heavy atom. The van der Waals surface area contributed by atoms with E-state index >= 15 is 0 Å². The van der Waals surface area contributed by atoms with Crippen LogP contribution in [0, 0.1) is 5.82 Å². The Balaban J connectivity index is 1.35. The lowest BCUT2D eigenvalue weighted by Gasteiger charge is -2.29. The molecule has 11 heteroatoms. The van der Waals surface area contributed by atoms with Crippen molar-refractivity contribution in [2.45, 2.75) is 38.8 Å². The summed E-state index contributed by atoms with van der Waals surface area (Å²) >= 11 is 3.12. The normalized spacial score (nSPS) is 17.4. The smallest absolute Gasteiger partial charge is 0.186 e. The van der Waals surface area contributed by atoms with Crippen molar-refractivity contribution < 1.29 is 4.39 Å². The van der Waals surface area contributed by atoms with Crippen molar-refractivity contribution >= 4 is 43.7 Å². The Hall–Kier alpha value is -2.63. The molecular weight excluding hydrogens is 459 g/mol. The molecular formula is C22H27FN8S2. The van der Waals surface area contributed by atoms with Gasteiger partial charge in [0.2, 0.25) is 0 Å². The number of benzene rings is 1. The Bertz CT molecular complexity index is 1220. The minimum atomic E-state index is -0.303. The van der Waals surface area contributed by atoms with Gasteiger partial charge in [-0.3, -0.25) is 4.90 Å². The molecule has 1 aromatic carbocycles. The fourth-order valence-corrected chi connectivity index (χ4v) is 6.30. The van der Waals surface area contributed by atoms with Crippen molar-refractivity contribution in [3.8, 4) is 0 Å². The fraction of sp³-hybridized carbons (Fsp3) is 0.455. The summed E-state index contributed by atoms with van der Waals surface area (Å²) in [7, 11) is 0. The van der Waals surface area contributed by atoms with Crippen LogP contribution in [0.5, 0.6) is 0 Å². The molecule has 0 bridgehead atoms. The number of aromatic nitrogens is 5. The third kappa shape index (κ3) is 4.32. The lowest BCUT2D eigenvalue weighted by atomic mass is 10.1. The van der Waals surface area contributed by atoms with E-state index in [0.717, 1.165) is 50.0 Å². The molecule has 2 N–H and O–H groups in total. The van der Waals surface area contributed by atoms with Crippen molar-refractivity contribution in [1.29, 1.82) is 0 Å². The number of hydrogen-bond acceptors (Lipinski definition) is 9. The van der Waals surface area contributed by atoms with Gasteiger partial charge in [0.15, 0.2) is 11.0 Å². The van der Waals surface area contributed by atoms with Gasteiger partial charge in [-0.25, -0.2) is 14.1 Å². The predicted molar refractivity (Wildman–Crippen MR) is 131 cm³/mol. The van der Waals surface area contributed by atoms with Gasteiger partial charge in [0.1, 0.15) is 5.82 Å². The quantitative estimate of drug-likeness (QED) is 0.406. The second-order valence-electron chi connectivity index (χ2n) is 8.32. The summed E-state index contributed by atoms with van der Waals surface area (Å²) in [5.41, 5.74) is 6.83. The molecule has 2 atom stereocenters. The van der Waals surface area contributed by atoms with Crippen molar-refractivity contribution in [2.24, 2.45) is 0 Å². The molecule has 8 nitrogen and oxygen atoms in total. The third-order valence-electron chi connectivity index (χ3n) is 6.22. The number of nitrogen functional groups attached to an aromatic ring is 1. The van der Waals surface area contributed by atoms with E-state index in [9.17, 15) is 4.39 Å². The minimum Gasteiger partial charge on any atom is -0.399 e. The average molecular weight is 487 g/mol. The number of halogens is 1. The van der Waals surface area contributed by atoms with Crippen LogP contribution in [0.2, 0.25) is 0 Å². The Labute approximate surface area is 199 Å². The van der Waals surface area contributed by atoms with Gasteiger partial charge in [-0.2, -0.15) is 0 Å². The first-order valence-electron chi connectivity index (χ1n) is 11.2. The van der Waals surface area contributed by atoms with Crippen LogP contribution >= 0.6 is 22.7 Å². The van der Waals surface area contributed by atoms with Crippen LogP contribution in [-0.4, -0.2) is 56.3 Å². The van der Waals surface area contributed by atoms with Crippen LogP contribution in [0.25, 0.3) is 10.2 Å². The molecule has 3 aromatic heterocycles. The fourth-order valence-electron chi connectivity index (χ4n) is 4.53. The molecule has 4 heterocycles. The van der Waals surface area contributed by atoms with Gasteiger partial charge < -0.3 is 10.6 Å². The van der Waals surface area contributed by atoms with Crippen LogP contribution in [-0.2, 0) is 0 Å². The van der Waals surface area contributed by atoms with E-state index < -0.39 is 0 Å². The molecule has 1 saturated heterocycles. The number of fused-ring (bicyclic) bond motifs is 1. The molecule has 1 fully saturated rings. The number of tetrazole rings is 1. The van der Waals surface area contributed by atoms with Crippen molar-refractivity contribution in [1.82, 2.24) is 30.1 Å². The van der Waals surface area contributed by atoms with Gasteiger partial charge in [-0.1, -0.05) is 24.3 Å². The lowest BCUT2D eigenvalue weighted by Crippen LogP contribution is -2.35. The van der Waals surface area contributed by atoms with E-state index in [0.29, 0.717) is 15.9 Å². The first-order chi connectivity index (χ1) is 16.0. The number of nitrogens with two attached hydrogens (primary N) is 1. The Kier molecular flexibility index (Phi) is 6.26. The molecule has 2 unspecified atom stereocenters. The van der Waals surface area contributed by atoms with Gasteiger partial charge in [0.05, 0.1) is 22.3 Å². The van der Waals surface area contributed by atoms with Gasteiger partial charge in [0, 0.05) is 36.7 Å². The first kappa shape index (κ1) is 22.2. The summed E-state index contributed by atoms with van der Waals surface area (Å²) in [6.07, 6.45) is 1.91. The highest BCUT2D eigenvalue weighted by Crippen LogP contribution is 2.34. The van der Waals surface area contributed by atoms with Crippen LogP contribution in [0.3, 0.4) is 0 Å². The van der Waals surface area contributed by atoms with Crippen LogP contribution in [0.1, 0.15) is 49.5 Å². The van der Waals surface area contributed by atoms with Crippen LogP contribution in [0.15, 0.2) is 29.6 Å². The standard InChI is InChI=1S/C22H27FN8S2/c1-3-18(21-26-27-28-31(21)14(2)19-6-4-11-32-19)29-7-5-8-30(10-9-29)22-25-17-13-15(24)12-16(23)20(17)33-22/h4,6,11-14,18H,3,5,7-10,24H2,1-2H3. The summed E-state index contributed by atoms with van der Waals surface area (Å²) in [4.78, 5) is 10.6. The number of nitrogens with zero attached hydrogens (tertiary/aromatic N) is 7. The van der Waals surface area contributed by atoms with E-state index in [1.807, 2.05) is 4.68 Å². The van der Waals surface area contributed by atoms with E-state index in [1.54, 1.807) is 17.4 Å². The molecule has 0 amide bonds. The van der Waals surface area contributed by atoms with Crippen LogP contribution < -0.4 is 10.6 Å². The molecule has 33 heavy (non-hydrogen) atoms. The van der Waals surface area contributed by atoms with E-state index in [4.69, 9.17) is 5.73 Å². The second kappa shape index (κ2) is 9.32. The molecule has 5 rings (SSSR count). The lowest BCUT2D eigenvalue weighted by molar-refractivity contribution is 0.190. The maximum absolute atomic E-state index is 14.3. The molecule has 0 aliphatic carbocycles. The summed E-state index contributed by atoms with van der Waals surface area (Å²) < 4.78 is 16.9. The monoisotopic (exact) mass is 486 g/mol. The summed E-state index contributed by atoms with van der Waals surface area (Å²) in [6.45, 7) is 7.82. The molecule has 4 aromatic rings. The average Bonchev–Trinajstić information content (AvgIpc) is 3.54. The summed E-state index contributed by atoms with van der Waals surface area (Å²) in [6, 6.07) is 7.52. The van der Waals surface area contributed by atoms with Crippen LogP contribution in [0.4, 0.5) is 15.2 Å². The Morgan fingerprint density at radius 3 is 2.88 bits per heavy atom. The molecule has 1 aliphatic heterocycles.